The number of carbonyl (C=O) groups is 1. The van der Waals surface area contributed by atoms with Crippen LogP contribution in [0.15, 0.2) is 24.3 Å². The number of aryl methyl sites for hydroxylation is 1. The molecule has 0 radical (unpaired) electrons. The molecule has 2 aromatic rings. The molecule has 0 spiro atoms. The Kier molecular flexibility index (Phi) is 4.47. The Bertz CT molecular complexity index is 607. The van der Waals surface area contributed by atoms with Crippen molar-refractivity contribution in [2.45, 2.75) is 19.8 Å². The maximum absolute atomic E-state index is 11.0. The summed E-state index contributed by atoms with van der Waals surface area (Å²) in [4.78, 5) is 15.1. The van der Waals surface area contributed by atoms with Crippen molar-refractivity contribution in [1.29, 1.82) is 0 Å². The van der Waals surface area contributed by atoms with Crippen LogP contribution in [0.3, 0.4) is 0 Å². The second kappa shape index (κ2) is 6.29. The SMILES string of the molecule is CCc1nc(C(=O)O)nn1-c1ccccc1CCOC. The Labute approximate surface area is 117 Å². The van der Waals surface area contributed by atoms with E-state index in [0.717, 1.165) is 17.7 Å². The molecule has 1 aromatic heterocycles. The van der Waals surface area contributed by atoms with Crippen LogP contribution in [0, 0.1) is 0 Å². The Morgan fingerprint density at radius 3 is 2.80 bits per heavy atom. The van der Waals surface area contributed by atoms with Crippen LogP contribution in [-0.4, -0.2) is 39.6 Å². The van der Waals surface area contributed by atoms with Crippen molar-refractivity contribution in [3.8, 4) is 5.69 Å². The molecule has 0 aliphatic carbocycles. The first kappa shape index (κ1) is 14.2. The standard InChI is InChI=1S/C14H17N3O3/c1-3-12-15-13(14(18)19)16-17(12)11-7-5-4-6-10(11)8-9-20-2/h4-7H,3,8-9H2,1-2H3,(H,18,19). The molecule has 6 nitrogen and oxygen atoms in total. The third-order valence-corrected chi connectivity index (χ3v) is 2.98. The molecule has 1 N–H and O–H groups in total. The fraction of sp³-hybridized carbons (Fsp3) is 0.357. The number of carboxylic acid groups (broad SMARTS) is 1. The van der Waals surface area contributed by atoms with E-state index >= 15 is 0 Å². The number of aromatic carboxylic acids is 1. The van der Waals surface area contributed by atoms with Crippen LogP contribution in [0.25, 0.3) is 5.69 Å². The highest BCUT2D eigenvalue weighted by Crippen LogP contribution is 2.17. The van der Waals surface area contributed by atoms with Gasteiger partial charge in [-0.1, -0.05) is 25.1 Å². The number of ether oxygens (including phenoxy) is 1. The van der Waals surface area contributed by atoms with Crippen molar-refractivity contribution in [2.24, 2.45) is 0 Å². The molecule has 6 heteroatoms. The quantitative estimate of drug-likeness (QED) is 0.868. The number of methoxy groups -OCH3 is 1. The van der Waals surface area contributed by atoms with Crippen LogP contribution in [0.4, 0.5) is 0 Å². The van der Waals surface area contributed by atoms with Crippen molar-refractivity contribution in [2.75, 3.05) is 13.7 Å². The average molecular weight is 275 g/mol. The Balaban J connectivity index is 2.47. The topological polar surface area (TPSA) is 77.2 Å². The van der Waals surface area contributed by atoms with Crippen LogP contribution in [0.2, 0.25) is 0 Å². The summed E-state index contributed by atoms with van der Waals surface area (Å²) in [6, 6.07) is 7.72. The van der Waals surface area contributed by atoms with E-state index in [1.165, 1.54) is 0 Å². The van der Waals surface area contributed by atoms with Crippen LogP contribution in [0.5, 0.6) is 0 Å². The van der Waals surface area contributed by atoms with Gasteiger partial charge in [0.05, 0.1) is 12.3 Å². The number of benzene rings is 1. The van der Waals surface area contributed by atoms with Gasteiger partial charge in [0.15, 0.2) is 0 Å². The number of para-hydroxylation sites is 1. The first-order valence-electron chi connectivity index (χ1n) is 6.43. The number of aromatic nitrogens is 3. The van der Waals surface area contributed by atoms with Gasteiger partial charge < -0.3 is 9.84 Å². The predicted octanol–water partition coefficient (Wildman–Crippen LogP) is 1.72. The zero-order chi connectivity index (χ0) is 14.5. The molecule has 0 atom stereocenters. The lowest BCUT2D eigenvalue weighted by Gasteiger charge is -2.10. The molecule has 2 rings (SSSR count). The van der Waals surface area contributed by atoms with Crippen molar-refractivity contribution in [1.82, 2.24) is 14.8 Å². The summed E-state index contributed by atoms with van der Waals surface area (Å²) in [6.45, 7) is 2.52. The highest BCUT2D eigenvalue weighted by atomic mass is 16.5. The highest BCUT2D eigenvalue weighted by molar-refractivity contribution is 5.83. The minimum Gasteiger partial charge on any atom is -0.475 e. The van der Waals surface area contributed by atoms with E-state index in [4.69, 9.17) is 9.84 Å². The second-order valence-corrected chi connectivity index (χ2v) is 4.29. The summed E-state index contributed by atoms with van der Waals surface area (Å²) in [7, 11) is 1.65. The number of nitrogens with zero attached hydrogens (tertiary/aromatic N) is 3. The van der Waals surface area contributed by atoms with Crippen LogP contribution >= 0.6 is 0 Å². The molecule has 0 aliphatic heterocycles. The fourth-order valence-corrected chi connectivity index (χ4v) is 2.00. The number of carboxylic acids is 1. The number of hydrogen-bond acceptors (Lipinski definition) is 4. The maximum Gasteiger partial charge on any atom is 0.375 e. The van der Waals surface area contributed by atoms with E-state index in [0.29, 0.717) is 18.9 Å². The molecule has 0 saturated heterocycles. The Hall–Kier alpha value is -2.21. The van der Waals surface area contributed by atoms with Gasteiger partial charge in [-0.2, -0.15) is 0 Å². The van der Waals surface area contributed by atoms with Gasteiger partial charge in [-0.3, -0.25) is 0 Å². The minimum atomic E-state index is -1.12. The molecule has 20 heavy (non-hydrogen) atoms. The summed E-state index contributed by atoms with van der Waals surface area (Å²) in [5.41, 5.74) is 1.90. The van der Waals surface area contributed by atoms with E-state index in [1.807, 2.05) is 31.2 Å². The molecule has 1 aromatic carbocycles. The molecular formula is C14H17N3O3. The van der Waals surface area contributed by atoms with Crippen LogP contribution in [0.1, 0.15) is 28.9 Å². The third-order valence-electron chi connectivity index (χ3n) is 2.98. The lowest BCUT2D eigenvalue weighted by atomic mass is 10.1. The van der Waals surface area contributed by atoms with Crippen LogP contribution in [-0.2, 0) is 17.6 Å². The third kappa shape index (κ3) is 2.85. The van der Waals surface area contributed by atoms with E-state index < -0.39 is 5.97 Å². The van der Waals surface area contributed by atoms with E-state index in [1.54, 1.807) is 11.8 Å². The van der Waals surface area contributed by atoms with Crippen molar-refractivity contribution in [3.63, 3.8) is 0 Å². The first-order chi connectivity index (χ1) is 9.67. The molecule has 106 valence electrons. The molecule has 0 aliphatic rings. The summed E-state index contributed by atoms with van der Waals surface area (Å²) in [6.07, 6.45) is 1.34. The number of rotatable bonds is 6. The largest absolute Gasteiger partial charge is 0.475 e. The molecule has 0 bridgehead atoms. The van der Waals surface area contributed by atoms with Crippen molar-refractivity contribution >= 4 is 5.97 Å². The Morgan fingerprint density at radius 1 is 1.40 bits per heavy atom. The van der Waals surface area contributed by atoms with E-state index in [2.05, 4.69) is 10.1 Å². The smallest absolute Gasteiger partial charge is 0.375 e. The minimum absolute atomic E-state index is 0.177. The van der Waals surface area contributed by atoms with Gasteiger partial charge in [0.1, 0.15) is 5.82 Å². The molecule has 0 saturated carbocycles. The van der Waals surface area contributed by atoms with Gasteiger partial charge in [-0.15, -0.1) is 5.10 Å². The van der Waals surface area contributed by atoms with Gasteiger partial charge in [0.2, 0.25) is 0 Å². The monoisotopic (exact) mass is 275 g/mol. The van der Waals surface area contributed by atoms with Crippen molar-refractivity contribution in [3.05, 3.63) is 41.5 Å². The van der Waals surface area contributed by atoms with Crippen LogP contribution < -0.4 is 0 Å². The summed E-state index contributed by atoms with van der Waals surface area (Å²) in [5.74, 6) is -0.663. The summed E-state index contributed by atoms with van der Waals surface area (Å²) >= 11 is 0. The maximum atomic E-state index is 11.0. The molecule has 1 heterocycles. The van der Waals surface area contributed by atoms with Gasteiger partial charge in [0.25, 0.3) is 5.82 Å². The summed E-state index contributed by atoms with van der Waals surface area (Å²) < 4.78 is 6.70. The van der Waals surface area contributed by atoms with Gasteiger partial charge in [-0.05, 0) is 18.1 Å². The van der Waals surface area contributed by atoms with E-state index in [9.17, 15) is 4.79 Å². The number of hydrogen-bond donors (Lipinski definition) is 1. The second-order valence-electron chi connectivity index (χ2n) is 4.29. The zero-order valence-electron chi connectivity index (χ0n) is 11.5. The molecule has 0 unspecified atom stereocenters. The first-order valence-corrected chi connectivity index (χ1v) is 6.43. The normalized spacial score (nSPS) is 10.7. The lowest BCUT2D eigenvalue weighted by Crippen LogP contribution is -2.07. The van der Waals surface area contributed by atoms with Gasteiger partial charge in [-0.25, -0.2) is 14.5 Å². The molecular weight excluding hydrogens is 258 g/mol. The molecule has 0 amide bonds. The van der Waals surface area contributed by atoms with Gasteiger partial charge in [0, 0.05) is 13.5 Å². The van der Waals surface area contributed by atoms with E-state index in [-0.39, 0.29) is 5.82 Å². The molecule has 0 fully saturated rings. The Morgan fingerprint density at radius 2 is 2.15 bits per heavy atom. The van der Waals surface area contributed by atoms with Crippen molar-refractivity contribution < 1.29 is 14.6 Å². The fourth-order valence-electron chi connectivity index (χ4n) is 2.00. The average Bonchev–Trinajstić information content (AvgIpc) is 2.89. The zero-order valence-corrected chi connectivity index (χ0v) is 11.5. The lowest BCUT2D eigenvalue weighted by molar-refractivity contribution is 0.0683. The summed E-state index contributed by atoms with van der Waals surface area (Å²) in [5, 5.41) is 13.1. The predicted molar refractivity (Wildman–Crippen MR) is 73.3 cm³/mol. The van der Waals surface area contributed by atoms with Gasteiger partial charge >= 0.3 is 5.97 Å². The highest BCUT2D eigenvalue weighted by Gasteiger charge is 2.16.